The van der Waals surface area contributed by atoms with E-state index < -0.39 is 20.0 Å². The fourth-order valence-electron chi connectivity index (χ4n) is 2.89. The second kappa shape index (κ2) is 9.03. The van der Waals surface area contributed by atoms with Crippen molar-refractivity contribution in [3.8, 4) is 5.75 Å². The second-order valence-electron chi connectivity index (χ2n) is 6.09. The molecule has 1 aliphatic heterocycles. The highest BCUT2D eigenvalue weighted by molar-refractivity contribution is 7.90. The molecule has 26 heavy (non-hydrogen) atoms. The van der Waals surface area contributed by atoms with Gasteiger partial charge in [0.15, 0.2) is 0 Å². The standard InChI is InChI=1S/C16H27N3O5S2/c1-3-13-25(20,21)17-8-14-26(22,23)19-11-9-18(10-12-19)15-6-4-5-7-16(15)24-2/h4-7,17H,3,8-14H2,1-2H3. The van der Waals surface area contributed by atoms with E-state index in [9.17, 15) is 16.8 Å². The van der Waals surface area contributed by atoms with Crippen LogP contribution in [0.4, 0.5) is 5.69 Å². The Labute approximate surface area is 156 Å². The molecule has 1 N–H and O–H groups in total. The van der Waals surface area contributed by atoms with Gasteiger partial charge >= 0.3 is 0 Å². The van der Waals surface area contributed by atoms with Gasteiger partial charge in [0.25, 0.3) is 0 Å². The molecule has 1 aromatic rings. The first-order valence-electron chi connectivity index (χ1n) is 8.62. The van der Waals surface area contributed by atoms with Gasteiger partial charge in [0, 0.05) is 32.7 Å². The maximum Gasteiger partial charge on any atom is 0.215 e. The number of rotatable bonds is 9. The molecule has 1 aromatic carbocycles. The Hall–Kier alpha value is -1.36. The topological polar surface area (TPSA) is 96.0 Å². The zero-order chi connectivity index (χ0) is 19.2. The number of sulfonamides is 2. The van der Waals surface area contributed by atoms with Crippen LogP contribution in [0.25, 0.3) is 0 Å². The monoisotopic (exact) mass is 405 g/mol. The third-order valence-electron chi connectivity index (χ3n) is 4.21. The van der Waals surface area contributed by atoms with Gasteiger partial charge in [-0.3, -0.25) is 0 Å². The first-order chi connectivity index (χ1) is 12.3. The summed E-state index contributed by atoms with van der Waals surface area (Å²) in [4.78, 5) is 2.09. The summed E-state index contributed by atoms with van der Waals surface area (Å²) in [5.41, 5.74) is 0.944. The Bertz CT molecular complexity index is 788. The van der Waals surface area contributed by atoms with Crippen LogP contribution in [0.3, 0.4) is 0 Å². The lowest BCUT2D eigenvalue weighted by molar-refractivity contribution is 0.378. The summed E-state index contributed by atoms with van der Waals surface area (Å²) >= 11 is 0. The van der Waals surface area contributed by atoms with Crippen LogP contribution in [0.15, 0.2) is 24.3 Å². The summed E-state index contributed by atoms with van der Waals surface area (Å²) in [7, 11) is -5.28. The molecule has 0 bridgehead atoms. The summed E-state index contributed by atoms with van der Waals surface area (Å²) in [5.74, 6) is 0.532. The van der Waals surface area contributed by atoms with Crippen LogP contribution in [-0.2, 0) is 20.0 Å². The molecule has 1 fully saturated rings. The average Bonchev–Trinajstić information content (AvgIpc) is 2.61. The number of ether oxygens (including phenoxy) is 1. The summed E-state index contributed by atoms with van der Waals surface area (Å²) in [6, 6.07) is 7.64. The molecule has 2 rings (SSSR count). The van der Waals surface area contributed by atoms with Crippen LogP contribution in [0.1, 0.15) is 13.3 Å². The van der Waals surface area contributed by atoms with Crippen molar-refractivity contribution >= 4 is 25.7 Å². The highest BCUT2D eigenvalue weighted by Gasteiger charge is 2.28. The fraction of sp³-hybridized carbons (Fsp3) is 0.625. The maximum absolute atomic E-state index is 12.4. The van der Waals surface area contributed by atoms with Gasteiger partial charge in [-0.05, 0) is 18.6 Å². The number of benzene rings is 1. The van der Waals surface area contributed by atoms with Crippen molar-refractivity contribution in [3.63, 3.8) is 0 Å². The largest absolute Gasteiger partial charge is 0.495 e. The fourth-order valence-corrected chi connectivity index (χ4v) is 5.46. The Morgan fingerprint density at radius 2 is 1.69 bits per heavy atom. The van der Waals surface area contributed by atoms with Gasteiger partial charge in [0.2, 0.25) is 20.0 Å². The number of methoxy groups -OCH3 is 1. The summed E-state index contributed by atoms with van der Waals surface area (Å²) < 4.78 is 57.2. The quantitative estimate of drug-likeness (QED) is 0.642. The molecule has 10 heteroatoms. The molecule has 0 atom stereocenters. The number of piperazine rings is 1. The van der Waals surface area contributed by atoms with Gasteiger partial charge in [-0.15, -0.1) is 0 Å². The second-order valence-corrected chi connectivity index (χ2v) is 10.1. The smallest absolute Gasteiger partial charge is 0.215 e. The van der Waals surface area contributed by atoms with Crippen LogP contribution in [0.5, 0.6) is 5.75 Å². The summed E-state index contributed by atoms with van der Waals surface area (Å²) in [5, 5.41) is 0. The Kier molecular flexibility index (Phi) is 7.27. The third-order valence-corrected chi connectivity index (χ3v) is 7.67. The molecule has 8 nitrogen and oxygen atoms in total. The van der Waals surface area contributed by atoms with Crippen molar-refractivity contribution in [1.29, 1.82) is 0 Å². The highest BCUT2D eigenvalue weighted by atomic mass is 32.2. The molecule has 0 amide bonds. The molecule has 0 spiro atoms. The lowest BCUT2D eigenvalue weighted by Crippen LogP contribution is -2.50. The number of anilines is 1. The van der Waals surface area contributed by atoms with Crippen LogP contribution in [0.2, 0.25) is 0 Å². The minimum absolute atomic E-state index is 0.00459. The molecule has 0 aliphatic carbocycles. The van der Waals surface area contributed by atoms with Crippen molar-refractivity contribution in [2.45, 2.75) is 13.3 Å². The number of para-hydroxylation sites is 2. The van der Waals surface area contributed by atoms with Gasteiger partial charge in [-0.25, -0.2) is 21.6 Å². The molecular formula is C16H27N3O5S2. The predicted octanol–water partition coefficient (Wildman–Crippen LogP) is 0.476. The van der Waals surface area contributed by atoms with Gasteiger partial charge in [0.1, 0.15) is 5.75 Å². The van der Waals surface area contributed by atoms with E-state index in [1.54, 1.807) is 14.0 Å². The van der Waals surface area contributed by atoms with E-state index in [0.29, 0.717) is 32.6 Å². The number of nitrogens with zero attached hydrogens (tertiary/aromatic N) is 2. The predicted molar refractivity (Wildman–Crippen MR) is 103 cm³/mol. The first-order valence-corrected chi connectivity index (χ1v) is 11.9. The van der Waals surface area contributed by atoms with Crippen molar-refractivity contribution in [2.75, 3.05) is 56.2 Å². The lowest BCUT2D eigenvalue weighted by atomic mass is 10.2. The Balaban J connectivity index is 1.90. The first kappa shape index (κ1) is 20.9. The van der Waals surface area contributed by atoms with Crippen LogP contribution < -0.4 is 14.4 Å². The van der Waals surface area contributed by atoms with E-state index in [-0.39, 0.29) is 18.1 Å². The molecular weight excluding hydrogens is 378 g/mol. The number of nitrogens with one attached hydrogen (secondary N) is 1. The molecule has 1 heterocycles. The van der Waals surface area contributed by atoms with Crippen molar-refractivity contribution < 1.29 is 21.6 Å². The van der Waals surface area contributed by atoms with Crippen molar-refractivity contribution in [1.82, 2.24) is 9.03 Å². The van der Waals surface area contributed by atoms with Crippen molar-refractivity contribution in [2.24, 2.45) is 0 Å². The van der Waals surface area contributed by atoms with Crippen LogP contribution in [0, 0.1) is 0 Å². The zero-order valence-corrected chi connectivity index (χ0v) is 16.9. The zero-order valence-electron chi connectivity index (χ0n) is 15.2. The lowest BCUT2D eigenvalue weighted by Gasteiger charge is -2.35. The van der Waals surface area contributed by atoms with E-state index in [1.165, 1.54) is 4.31 Å². The van der Waals surface area contributed by atoms with Gasteiger partial charge in [0.05, 0.1) is 24.3 Å². The highest BCUT2D eigenvalue weighted by Crippen LogP contribution is 2.28. The minimum atomic E-state index is -3.49. The van der Waals surface area contributed by atoms with E-state index in [4.69, 9.17) is 4.74 Å². The molecule has 148 valence electrons. The van der Waals surface area contributed by atoms with E-state index >= 15 is 0 Å². The van der Waals surface area contributed by atoms with Crippen LogP contribution >= 0.6 is 0 Å². The van der Waals surface area contributed by atoms with Crippen molar-refractivity contribution in [3.05, 3.63) is 24.3 Å². The molecule has 1 saturated heterocycles. The molecule has 0 aromatic heterocycles. The van der Waals surface area contributed by atoms with E-state index in [1.807, 2.05) is 24.3 Å². The average molecular weight is 406 g/mol. The molecule has 1 aliphatic rings. The Morgan fingerprint density at radius 1 is 1.04 bits per heavy atom. The summed E-state index contributed by atoms with van der Waals surface area (Å²) in [6.07, 6.45) is 0.493. The van der Waals surface area contributed by atoms with Gasteiger partial charge < -0.3 is 9.64 Å². The van der Waals surface area contributed by atoms with Crippen LogP contribution in [-0.4, -0.2) is 72.5 Å². The SMILES string of the molecule is CCCS(=O)(=O)NCCS(=O)(=O)N1CCN(c2ccccc2OC)CC1. The molecule has 0 radical (unpaired) electrons. The van der Waals surface area contributed by atoms with E-state index in [0.717, 1.165) is 11.4 Å². The third kappa shape index (κ3) is 5.57. The molecule has 0 saturated carbocycles. The number of hydrogen-bond donors (Lipinski definition) is 1. The summed E-state index contributed by atoms with van der Waals surface area (Å²) in [6.45, 7) is 3.50. The maximum atomic E-state index is 12.4. The number of hydrogen-bond acceptors (Lipinski definition) is 6. The van der Waals surface area contributed by atoms with Gasteiger partial charge in [-0.2, -0.15) is 4.31 Å². The minimum Gasteiger partial charge on any atom is -0.495 e. The Morgan fingerprint density at radius 3 is 2.31 bits per heavy atom. The van der Waals surface area contributed by atoms with Gasteiger partial charge in [-0.1, -0.05) is 19.1 Å². The van der Waals surface area contributed by atoms with E-state index in [2.05, 4.69) is 9.62 Å². The normalized spacial score (nSPS) is 16.6. The molecule has 0 unspecified atom stereocenters.